The van der Waals surface area contributed by atoms with Gasteiger partial charge < -0.3 is 4.74 Å². The molecule has 0 bridgehead atoms. The normalized spacial score (nSPS) is 11.7. The molecule has 1 rings (SSSR count). The average molecular weight is 224 g/mol. The molecular weight excluding hydrogens is 204 g/mol. The van der Waals surface area contributed by atoms with Crippen molar-refractivity contribution in [3.05, 3.63) is 28.3 Å². The lowest BCUT2D eigenvalue weighted by molar-refractivity contribution is 0.401. The third kappa shape index (κ3) is 2.31. The Morgan fingerprint density at radius 3 is 2.07 bits per heavy atom. The van der Waals surface area contributed by atoms with Crippen molar-refractivity contribution in [3.63, 3.8) is 0 Å². The number of methoxy groups -OCH3 is 1. The first kappa shape index (κ1) is 12.4. The highest BCUT2D eigenvalue weighted by Crippen LogP contribution is 2.40. The van der Waals surface area contributed by atoms with Crippen molar-refractivity contribution in [2.45, 2.75) is 39.4 Å². The summed E-state index contributed by atoms with van der Waals surface area (Å²) in [7, 11) is 1.73. The number of hydrogen-bond acceptors (Lipinski definition) is 2. The second-order valence-electron chi connectivity index (χ2n) is 4.60. The quantitative estimate of drug-likeness (QED) is 0.752. The molecule has 2 heteroatoms. The van der Waals surface area contributed by atoms with Crippen LogP contribution in [-0.4, -0.2) is 7.11 Å². The van der Waals surface area contributed by atoms with Gasteiger partial charge in [0.2, 0.25) is 0 Å². The van der Waals surface area contributed by atoms with Crippen molar-refractivity contribution in [2.75, 3.05) is 7.11 Å². The molecule has 0 aliphatic carbocycles. The van der Waals surface area contributed by atoms with Crippen LogP contribution in [0.1, 0.15) is 36.1 Å². The van der Waals surface area contributed by atoms with E-state index in [9.17, 15) is 0 Å². The van der Waals surface area contributed by atoms with E-state index in [-0.39, 0.29) is 4.75 Å². The van der Waals surface area contributed by atoms with E-state index in [2.05, 4.69) is 53.3 Å². The van der Waals surface area contributed by atoms with Crippen LogP contribution in [0.4, 0.5) is 0 Å². The minimum atomic E-state index is -0.173. The van der Waals surface area contributed by atoms with E-state index < -0.39 is 0 Å². The molecule has 0 heterocycles. The highest BCUT2D eigenvalue weighted by atomic mass is 32.1. The minimum absolute atomic E-state index is 0.173. The van der Waals surface area contributed by atoms with Crippen LogP contribution in [0.25, 0.3) is 0 Å². The summed E-state index contributed by atoms with van der Waals surface area (Å²) in [5, 5.41) is 0. The van der Waals surface area contributed by atoms with E-state index in [0.29, 0.717) is 0 Å². The lowest BCUT2D eigenvalue weighted by Gasteiger charge is -2.25. The Balaban J connectivity index is 3.57. The fraction of sp³-hybridized carbons (Fsp3) is 0.538. The summed E-state index contributed by atoms with van der Waals surface area (Å²) in [5.74, 6) is 0.979. The van der Waals surface area contributed by atoms with Gasteiger partial charge in [0.1, 0.15) is 5.75 Å². The van der Waals surface area contributed by atoms with Gasteiger partial charge in [0, 0.05) is 10.3 Å². The van der Waals surface area contributed by atoms with Gasteiger partial charge in [0.15, 0.2) is 0 Å². The first-order valence-corrected chi connectivity index (χ1v) is 5.61. The number of rotatable bonds is 2. The zero-order valence-corrected chi connectivity index (χ0v) is 11.3. The standard InChI is InChI=1S/C13H20OS/c1-8-7-9(2)11(13(4,5)15)12(14-6)10(8)3/h7,15H,1-6H3. The van der Waals surface area contributed by atoms with Crippen LogP contribution in [-0.2, 0) is 4.75 Å². The molecule has 84 valence electrons. The Morgan fingerprint density at radius 2 is 1.67 bits per heavy atom. The van der Waals surface area contributed by atoms with Gasteiger partial charge in [-0.1, -0.05) is 6.07 Å². The Hall–Kier alpha value is -0.630. The van der Waals surface area contributed by atoms with Crippen LogP contribution in [0, 0.1) is 20.8 Å². The van der Waals surface area contributed by atoms with Crippen molar-refractivity contribution in [3.8, 4) is 5.75 Å². The van der Waals surface area contributed by atoms with E-state index in [1.54, 1.807) is 7.11 Å². The van der Waals surface area contributed by atoms with E-state index in [0.717, 1.165) is 5.75 Å². The maximum Gasteiger partial charge on any atom is 0.126 e. The minimum Gasteiger partial charge on any atom is -0.496 e. The fourth-order valence-corrected chi connectivity index (χ4v) is 2.34. The van der Waals surface area contributed by atoms with Crippen LogP contribution >= 0.6 is 12.6 Å². The van der Waals surface area contributed by atoms with Gasteiger partial charge >= 0.3 is 0 Å². The van der Waals surface area contributed by atoms with Crippen LogP contribution in [0.15, 0.2) is 6.07 Å². The summed E-state index contributed by atoms with van der Waals surface area (Å²) >= 11 is 4.64. The molecular formula is C13H20OS. The molecule has 0 saturated heterocycles. The average Bonchev–Trinajstić information content (AvgIpc) is 2.08. The molecule has 1 aromatic carbocycles. The van der Waals surface area contributed by atoms with Crippen LogP contribution in [0.5, 0.6) is 5.75 Å². The summed E-state index contributed by atoms with van der Waals surface area (Å²) in [6.45, 7) is 10.5. The smallest absolute Gasteiger partial charge is 0.126 e. The molecule has 0 atom stereocenters. The monoisotopic (exact) mass is 224 g/mol. The predicted octanol–water partition coefficient (Wildman–Crippen LogP) is 3.79. The zero-order chi connectivity index (χ0) is 11.8. The van der Waals surface area contributed by atoms with Crippen LogP contribution in [0.2, 0.25) is 0 Å². The number of hydrogen-bond donors (Lipinski definition) is 1. The molecule has 0 unspecified atom stereocenters. The molecule has 0 fully saturated rings. The van der Waals surface area contributed by atoms with Crippen molar-refractivity contribution in [1.82, 2.24) is 0 Å². The van der Waals surface area contributed by atoms with Gasteiger partial charge in [0.05, 0.1) is 7.11 Å². The molecule has 1 aromatic rings. The molecule has 0 spiro atoms. The highest BCUT2D eigenvalue weighted by Gasteiger charge is 2.24. The zero-order valence-electron chi connectivity index (χ0n) is 10.4. The Morgan fingerprint density at radius 1 is 1.13 bits per heavy atom. The Labute approximate surface area is 98.3 Å². The van der Waals surface area contributed by atoms with Crippen molar-refractivity contribution >= 4 is 12.6 Å². The summed E-state index contributed by atoms with van der Waals surface area (Å²) in [6, 6.07) is 2.20. The molecule has 0 aliphatic heterocycles. The Bertz CT molecular complexity index is 375. The number of thiol groups is 1. The molecule has 0 aromatic heterocycles. The van der Waals surface area contributed by atoms with Crippen molar-refractivity contribution < 1.29 is 4.74 Å². The number of benzene rings is 1. The molecule has 0 saturated carbocycles. The summed E-state index contributed by atoms with van der Waals surface area (Å²) in [5.41, 5.74) is 4.91. The van der Waals surface area contributed by atoms with Crippen LogP contribution < -0.4 is 4.74 Å². The first-order chi connectivity index (χ1) is 6.79. The van der Waals surface area contributed by atoms with Gasteiger partial charge in [-0.05, 0) is 51.3 Å². The maximum atomic E-state index is 5.52. The second-order valence-corrected chi connectivity index (χ2v) is 5.72. The van der Waals surface area contributed by atoms with E-state index in [1.165, 1.54) is 22.3 Å². The SMILES string of the molecule is COc1c(C)c(C)cc(C)c1C(C)(C)S. The molecule has 0 aliphatic rings. The fourth-order valence-electron chi connectivity index (χ4n) is 2.07. The topological polar surface area (TPSA) is 9.23 Å². The van der Waals surface area contributed by atoms with Gasteiger partial charge in [-0.25, -0.2) is 0 Å². The second kappa shape index (κ2) is 4.09. The summed E-state index contributed by atoms with van der Waals surface area (Å²) in [4.78, 5) is 0. The number of aryl methyl sites for hydroxylation is 2. The number of ether oxygens (including phenoxy) is 1. The van der Waals surface area contributed by atoms with Gasteiger partial charge in [-0.2, -0.15) is 12.6 Å². The third-order valence-electron chi connectivity index (χ3n) is 2.80. The lowest BCUT2D eigenvalue weighted by atomic mass is 9.91. The van der Waals surface area contributed by atoms with Crippen molar-refractivity contribution in [1.29, 1.82) is 0 Å². The van der Waals surface area contributed by atoms with E-state index >= 15 is 0 Å². The van der Waals surface area contributed by atoms with E-state index in [1.807, 2.05) is 0 Å². The largest absolute Gasteiger partial charge is 0.496 e. The summed E-state index contributed by atoms with van der Waals surface area (Å²) in [6.07, 6.45) is 0. The molecule has 1 nitrogen and oxygen atoms in total. The first-order valence-electron chi connectivity index (χ1n) is 5.16. The molecule has 0 amide bonds. The molecule has 0 radical (unpaired) electrons. The van der Waals surface area contributed by atoms with Gasteiger partial charge in [-0.15, -0.1) is 0 Å². The van der Waals surface area contributed by atoms with Gasteiger partial charge in [-0.3, -0.25) is 0 Å². The highest BCUT2D eigenvalue weighted by molar-refractivity contribution is 7.81. The maximum absolute atomic E-state index is 5.52. The molecule has 15 heavy (non-hydrogen) atoms. The Kier molecular flexibility index (Phi) is 3.39. The lowest BCUT2D eigenvalue weighted by Crippen LogP contribution is -2.13. The van der Waals surface area contributed by atoms with Crippen LogP contribution in [0.3, 0.4) is 0 Å². The van der Waals surface area contributed by atoms with E-state index in [4.69, 9.17) is 4.74 Å². The molecule has 0 N–H and O–H groups in total. The third-order valence-corrected chi connectivity index (χ3v) is 3.03. The predicted molar refractivity (Wildman–Crippen MR) is 69.2 cm³/mol. The summed E-state index contributed by atoms with van der Waals surface area (Å²) < 4.78 is 5.34. The van der Waals surface area contributed by atoms with Gasteiger partial charge in [0.25, 0.3) is 0 Å². The van der Waals surface area contributed by atoms with Crippen molar-refractivity contribution in [2.24, 2.45) is 0 Å².